The number of aromatic amines is 1. The molecule has 21 heavy (non-hydrogen) atoms. The number of hydrogen-bond acceptors (Lipinski definition) is 6. The van der Waals surface area contributed by atoms with E-state index in [2.05, 4.69) is 19.8 Å². The number of nitrogens with one attached hydrogen (secondary N) is 1. The van der Waals surface area contributed by atoms with E-state index in [1.165, 1.54) is 30.6 Å². The minimum absolute atomic E-state index is 0.0128. The van der Waals surface area contributed by atoms with Gasteiger partial charge in [0.1, 0.15) is 5.75 Å². The summed E-state index contributed by atoms with van der Waals surface area (Å²) < 4.78 is 5.58. The average molecular weight is 288 g/mol. The first-order valence-electron chi connectivity index (χ1n) is 5.72. The lowest BCUT2D eigenvalue weighted by molar-refractivity contribution is 0.144. The van der Waals surface area contributed by atoms with Gasteiger partial charge < -0.3 is 14.9 Å². The summed E-state index contributed by atoms with van der Waals surface area (Å²) in [5.74, 6) is 0.0291. The number of aromatic nitrogens is 4. The average Bonchev–Trinajstić information content (AvgIpc) is 2.85. The Morgan fingerprint density at radius 1 is 1.38 bits per heavy atom. The molecule has 0 aliphatic rings. The van der Waals surface area contributed by atoms with Crippen LogP contribution < -0.4 is 10.3 Å². The van der Waals surface area contributed by atoms with Gasteiger partial charge in [0.05, 0.1) is 23.3 Å². The van der Waals surface area contributed by atoms with Gasteiger partial charge in [-0.1, -0.05) is 0 Å². The summed E-state index contributed by atoms with van der Waals surface area (Å²) in [6.07, 6.45) is 0.946. The minimum Gasteiger partial charge on any atom is -0.508 e. The van der Waals surface area contributed by atoms with Gasteiger partial charge in [-0.3, -0.25) is 9.78 Å². The summed E-state index contributed by atoms with van der Waals surface area (Å²) in [5.41, 5.74) is -0.129. The molecule has 2 aromatic heterocycles. The number of rotatable bonds is 2. The summed E-state index contributed by atoms with van der Waals surface area (Å²) in [4.78, 5) is 29.0. The highest BCUT2D eigenvalue weighted by molar-refractivity contribution is 5.79. The lowest BCUT2D eigenvalue weighted by Crippen LogP contribution is -2.13. The molecule has 0 aliphatic carbocycles. The summed E-state index contributed by atoms with van der Waals surface area (Å²) in [7, 11) is 0. The lowest BCUT2D eigenvalue weighted by Gasteiger charge is -2.02. The first-order valence-corrected chi connectivity index (χ1v) is 5.72. The van der Waals surface area contributed by atoms with E-state index >= 15 is 0 Å². The Kier molecular flexibility index (Phi) is 2.79. The molecule has 0 amide bonds. The van der Waals surface area contributed by atoms with Crippen LogP contribution in [-0.4, -0.2) is 36.1 Å². The quantitative estimate of drug-likeness (QED) is 0.596. The fourth-order valence-electron chi connectivity index (χ4n) is 1.80. The molecule has 0 spiro atoms. The number of hydrogen-bond donors (Lipinski definition) is 3. The van der Waals surface area contributed by atoms with Gasteiger partial charge in [0.2, 0.25) is 5.95 Å². The highest BCUT2D eigenvalue weighted by Gasteiger charge is 2.09. The molecule has 0 fully saturated rings. The molecule has 0 unspecified atom stereocenters. The predicted molar refractivity (Wildman–Crippen MR) is 69.8 cm³/mol. The summed E-state index contributed by atoms with van der Waals surface area (Å²) >= 11 is 0. The van der Waals surface area contributed by atoms with E-state index in [9.17, 15) is 14.7 Å². The molecule has 2 heterocycles. The van der Waals surface area contributed by atoms with Crippen molar-refractivity contribution >= 4 is 17.1 Å². The second kappa shape index (κ2) is 4.63. The molecule has 1 aromatic carbocycles. The molecule has 3 rings (SSSR count). The Hall–Kier alpha value is -3.36. The third-order valence-electron chi connectivity index (χ3n) is 2.66. The third kappa shape index (κ3) is 2.39. The summed E-state index contributed by atoms with van der Waals surface area (Å²) in [6.45, 7) is 0. The van der Waals surface area contributed by atoms with E-state index in [1.807, 2.05) is 0 Å². The highest BCUT2D eigenvalue weighted by Crippen LogP contribution is 2.16. The van der Waals surface area contributed by atoms with Gasteiger partial charge in [0.15, 0.2) is 5.75 Å². The Balaban J connectivity index is 2.10. The number of fused-ring (bicyclic) bond motifs is 1. The molecule has 3 N–H and O–H groups in total. The van der Waals surface area contributed by atoms with Crippen molar-refractivity contribution in [3.05, 3.63) is 40.9 Å². The van der Waals surface area contributed by atoms with Crippen molar-refractivity contribution < 1.29 is 19.7 Å². The molecular weight excluding hydrogens is 280 g/mol. The molecular formula is C12H8N4O5. The molecule has 3 aromatic rings. The largest absolute Gasteiger partial charge is 0.511 e. The second-order valence-corrected chi connectivity index (χ2v) is 4.08. The van der Waals surface area contributed by atoms with Crippen LogP contribution in [0.4, 0.5) is 4.79 Å². The molecule has 0 saturated heterocycles. The maximum Gasteiger partial charge on any atom is 0.511 e. The monoisotopic (exact) mass is 288 g/mol. The van der Waals surface area contributed by atoms with Crippen molar-refractivity contribution in [1.29, 1.82) is 0 Å². The first kappa shape index (κ1) is 12.7. The fraction of sp³-hybridized carbons (Fsp3) is 0. The number of phenolic OH excluding ortho intramolecular Hbond substituents is 1. The van der Waals surface area contributed by atoms with E-state index < -0.39 is 11.7 Å². The van der Waals surface area contributed by atoms with Crippen LogP contribution in [0.15, 0.2) is 35.4 Å². The second-order valence-electron chi connectivity index (χ2n) is 4.08. The standard InChI is InChI=1S/C12H8N4O5/c17-6-1-2-8-9(3-6)14-11(15-10(8)18)16-5-7(4-13-16)21-12(19)20/h1-5,17H,(H,19,20)(H,14,15,18). The first-order chi connectivity index (χ1) is 10.0. The maximum absolute atomic E-state index is 11.9. The summed E-state index contributed by atoms with van der Waals surface area (Å²) in [5, 5.41) is 22.1. The lowest BCUT2D eigenvalue weighted by atomic mass is 10.2. The van der Waals surface area contributed by atoms with E-state index in [0.29, 0.717) is 5.39 Å². The number of phenols is 1. The van der Waals surface area contributed by atoms with Crippen molar-refractivity contribution in [3.8, 4) is 17.4 Å². The maximum atomic E-state index is 11.9. The third-order valence-corrected chi connectivity index (χ3v) is 2.66. The van der Waals surface area contributed by atoms with Crippen molar-refractivity contribution in [2.24, 2.45) is 0 Å². The number of ether oxygens (including phenoxy) is 1. The zero-order valence-corrected chi connectivity index (χ0v) is 10.3. The van der Waals surface area contributed by atoms with Crippen molar-refractivity contribution in [3.63, 3.8) is 0 Å². The zero-order valence-electron chi connectivity index (χ0n) is 10.3. The van der Waals surface area contributed by atoms with Crippen LogP contribution in [0.1, 0.15) is 0 Å². The molecule has 0 atom stereocenters. The van der Waals surface area contributed by atoms with Gasteiger partial charge >= 0.3 is 6.16 Å². The van der Waals surface area contributed by atoms with Crippen LogP contribution in [0.5, 0.6) is 11.5 Å². The molecule has 9 heteroatoms. The van der Waals surface area contributed by atoms with E-state index in [1.54, 1.807) is 0 Å². The van der Waals surface area contributed by atoms with Crippen molar-refractivity contribution in [2.45, 2.75) is 0 Å². The van der Waals surface area contributed by atoms with Crippen LogP contribution in [0.25, 0.3) is 16.9 Å². The van der Waals surface area contributed by atoms with Gasteiger partial charge in [-0.2, -0.15) is 5.10 Å². The predicted octanol–water partition coefficient (Wildman–Crippen LogP) is 0.871. The number of H-pyrrole nitrogens is 1. The van der Waals surface area contributed by atoms with Gasteiger partial charge in [-0.15, -0.1) is 0 Å². The number of benzene rings is 1. The molecule has 9 nitrogen and oxygen atoms in total. The van der Waals surface area contributed by atoms with Crippen LogP contribution in [0, 0.1) is 0 Å². The fourth-order valence-corrected chi connectivity index (χ4v) is 1.80. The topological polar surface area (TPSA) is 130 Å². The highest BCUT2D eigenvalue weighted by atomic mass is 16.7. The molecule has 0 aliphatic heterocycles. The molecule has 0 saturated carbocycles. The Bertz CT molecular complexity index is 898. The number of carboxylic acid groups (broad SMARTS) is 1. The van der Waals surface area contributed by atoms with Gasteiger partial charge in [0.25, 0.3) is 5.56 Å². The van der Waals surface area contributed by atoms with Crippen LogP contribution in [0.2, 0.25) is 0 Å². The molecule has 0 bridgehead atoms. The minimum atomic E-state index is -1.47. The normalized spacial score (nSPS) is 10.7. The SMILES string of the molecule is O=C(O)Oc1cnn(-c2nc3cc(O)ccc3c(=O)[nH]2)c1. The van der Waals surface area contributed by atoms with Crippen LogP contribution in [0.3, 0.4) is 0 Å². The Morgan fingerprint density at radius 2 is 2.19 bits per heavy atom. The molecule has 106 valence electrons. The Labute approximate surface area is 116 Å². The number of carbonyl (C=O) groups is 1. The van der Waals surface area contributed by atoms with Crippen molar-refractivity contribution in [1.82, 2.24) is 19.7 Å². The van der Waals surface area contributed by atoms with E-state index in [4.69, 9.17) is 5.11 Å². The van der Waals surface area contributed by atoms with E-state index in [0.717, 1.165) is 4.68 Å². The smallest absolute Gasteiger partial charge is 0.508 e. The van der Waals surface area contributed by atoms with Gasteiger partial charge in [0, 0.05) is 6.07 Å². The molecule has 0 radical (unpaired) electrons. The van der Waals surface area contributed by atoms with Gasteiger partial charge in [-0.25, -0.2) is 14.5 Å². The summed E-state index contributed by atoms with van der Waals surface area (Å²) in [6, 6.07) is 4.17. The van der Waals surface area contributed by atoms with E-state index in [-0.39, 0.29) is 23.0 Å². The number of nitrogens with zero attached hydrogens (tertiary/aromatic N) is 3. The van der Waals surface area contributed by atoms with Crippen LogP contribution in [-0.2, 0) is 0 Å². The van der Waals surface area contributed by atoms with Crippen LogP contribution >= 0.6 is 0 Å². The van der Waals surface area contributed by atoms with Crippen molar-refractivity contribution in [2.75, 3.05) is 0 Å². The number of aromatic hydroxyl groups is 1. The zero-order chi connectivity index (χ0) is 15.0. The Morgan fingerprint density at radius 3 is 2.95 bits per heavy atom. The van der Waals surface area contributed by atoms with Gasteiger partial charge in [-0.05, 0) is 12.1 Å².